The average Bonchev–Trinajstić information content (AvgIpc) is 2.83. The van der Waals surface area contributed by atoms with Crippen LogP contribution in [0.1, 0.15) is 16.9 Å². The molecule has 0 aliphatic heterocycles. The highest BCUT2D eigenvalue weighted by Crippen LogP contribution is 2.15. The van der Waals surface area contributed by atoms with Crippen LogP contribution in [0.25, 0.3) is 0 Å². The van der Waals surface area contributed by atoms with Gasteiger partial charge in [-0.25, -0.2) is 8.78 Å². The molecule has 1 heterocycles. The highest BCUT2D eigenvalue weighted by Gasteiger charge is 2.09. The molecule has 96 valence electrons. The van der Waals surface area contributed by atoms with E-state index in [-0.39, 0.29) is 6.04 Å². The number of halogens is 2. The van der Waals surface area contributed by atoms with Gasteiger partial charge in [0.1, 0.15) is 11.6 Å². The van der Waals surface area contributed by atoms with E-state index in [1.54, 1.807) is 11.3 Å². The van der Waals surface area contributed by atoms with Crippen LogP contribution < -0.4 is 5.73 Å². The van der Waals surface area contributed by atoms with Gasteiger partial charge in [0.05, 0.1) is 0 Å². The second-order valence-corrected chi connectivity index (χ2v) is 5.35. The first-order valence-corrected chi connectivity index (χ1v) is 6.75. The Morgan fingerprint density at radius 2 is 2.06 bits per heavy atom. The van der Waals surface area contributed by atoms with Crippen LogP contribution >= 0.6 is 11.3 Å². The smallest absolute Gasteiger partial charge is 0.129 e. The van der Waals surface area contributed by atoms with Gasteiger partial charge in [-0.15, -0.1) is 11.3 Å². The zero-order valence-electron chi connectivity index (χ0n) is 9.90. The van der Waals surface area contributed by atoms with Crippen molar-refractivity contribution in [2.75, 3.05) is 0 Å². The minimum atomic E-state index is -0.552. The summed E-state index contributed by atoms with van der Waals surface area (Å²) in [4.78, 5) is 1.28. The standard InChI is InChI=1S/C14H15F2NS/c15-11-4-3-10(14(16)9-11)8-12(17)5-6-13-2-1-7-18-13/h1-4,7,9,12H,5-6,8,17H2. The second-order valence-electron chi connectivity index (χ2n) is 4.32. The van der Waals surface area contributed by atoms with Crippen molar-refractivity contribution in [2.24, 2.45) is 5.73 Å². The maximum absolute atomic E-state index is 13.4. The van der Waals surface area contributed by atoms with Crippen LogP contribution in [0.3, 0.4) is 0 Å². The molecule has 1 aromatic carbocycles. The molecule has 0 bridgehead atoms. The topological polar surface area (TPSA) is 26.0 Å². The molecular weight excluding hydrogens is 252 g/mol. The molecule has 4 heteroatoms. The lowest BCUT2D eigenvalue weighted by atomic mass is 10.0. The molecule has 18 heavy (non-hydrogen) atoms. The van der Waals surface area contributed by atoms with Crippen molar-refractivity contribution >= 4 is 11.3 Å². The van der Waals surface area contributed by atoms with Gasteiger partial charge in [0.2, 0.25) is 0 Å². The minimum absolute atomic E-state index is 0.105. The summed E-state index contributed by atoms with van der Waals surface area (Å²) < 4.78 is 26.2. The molecule has 0 spiro atoms. The number of rotatable bonds is 5. The van der Waals surface area contributed by atoms with Crippen LogP contribution in [0, 0.1) is 11.6 Å². The van der Waals surface area contributed by atoms with E-state index in [2.05, 4.69) is 6.07 Å². The van der Waals surface area contributed by atoms with Gasteiger partial charge >= 0.3 is 0 Å². The first-order valence-electron chi connectivity index (χ1n) is 5.87. The zero-order valence-corrected chi connectivity index (χ0v) is 10.7. The predicted octanol–water partition coefficient (Wildman–Crippen LogP) is 3.53. The Labute approximate surface area is 109 Å². The van der Waals surface area contributed by atoms with Gasteiger partial charge in [-0.3, -0.25) is 0 Å². The van der Waals surface area contributed by atoms with Crippen LogP contribution in [0.5, 0.6) is 0 Å². The van der Waals surface area contributed by atoms with E-state index >= 15 is 0 Å². The van der Waals surface area contributed by atoms with Crippen LogP contribution in [0.4, 0.5) is 8.78 Å². The van der Waals surface area contributed by atoms with Gasteiger partial charge in [0.15, 0.2) is 0 Å². The Morgan fingerprint density at radius 1 is 1.22 bits per heavy atom. The minimum Gasteiger partial charge on any atom is -0.327 e. The summed E-state index contributed by atoms with van der Waals surface area (Å²) >= 11 is 1.70. The highest BCUT2D eigenvalue weighted by atomic mass is 32.1. The van der Waals surface area contributed by atoms with Gasteiger partial charge in [-0.2, -0.15) is 0 Å². The third-order valence-electron chi connectivity index (χ3n) is 2.84. The lowest BCUT2D eigenvalue weighted by Crippen LogP contribution is -2.24. The van der Waals surface area contributed by atoms with E-state index in [0.29, 0.717) is 12.0 Å². The monoisotopic (exact) mass is 267 g/mol. The molecule has 0 amide bonds. The summed E-state index contributed by atoms with van der Waals surface area (Å²) in [5, 5.41) is 2.03. The van der Waals surface area contributed by atoms with Gasteiger partial charge in [-0.05, 0) is 42.3 Å². The van der Waals surface area contributed by atoms with Gasteiger partial charge in [0.25, 0.3) is 0 Å². The molecule has 0 saturated heterocycles. The molecule has 2 rings (SSSR count). The Hall–Kier alpha value is -1.26. The molecule has 1 aromatic heterocycles. The van der Waals surface area contributed by atoms with Crippen LogP contribution in [0.2, 0.25) is 0 Å². The van der Waals surface area contributed by atoms with Crippen molar-refractivity contribution in [3.05, 3.63) is 57.8 Å². The molecular formula is C14H15F2NS. The van der Waals surface area contributed by atoms with Crippen LogP contribution in [-0.4, -0.2) is 6.04 Å². The number of hydrogen-bond donors (Lipinski definition) is 1. The average molecular weight is 267 g/mol. The fourth-order valence-corrected chi connectivity index (χ4v) is 2.58. The highest BCUT2D eigenvalue weighted by molar-refractivity contribution is 7.09. The van der Waals surface area contributed by atoms with E-state index in [1.807, 2.05) is 11.4 Å². The lowest BCUT2D eigenvalue weighted by Gasteiger charge is -2.11. The predicted molar refractivity (Wildman–Crippen MR) is 70.7 cm³/mol. The molecule has 2 N–H and O–H groups in total. The van der Waals surface area contributed by atoms with Crippen molar-refractivity contribution in [3.63, 3.8) is 0 Å². The zero-order chi connectivity index (χ0) is 13.0. The van der Waals surface area contributed by atoms with E-state index < -0.39 is 11.6 Å². The van der Waals surface area contributed by atoms with Gasteiger partial charge in [-0.1, -0.05) is 12.1 Å². The first kappa shape index (κ1) is 13.2. The van der Waals surface area contributed by atoms with Crippen molar-refractivity contribution in [2.45, 2.75) is 25.3 Å². The molecule has 0 saturated carbocycles. The number of benzene rings is 1. The molecule has 1 unspecified atom stereocenters. The Morgan fingerprint density at radius 3 is 2.72 bits per heavy atom. The summed E-state index contributed by atoms with van der Waals surface area (Å²) in [6.45, 7) is 0. The Balaban J connectivity index is 1.88. The SMILES string of the molecule is NC(CCc1cccs1)Cc1ccc(F)cc1F. The van der Waals surface area contributed by atoms with Crippen LogP contribution in [-0.2, 0) is 12.8 Å². The molecule has 0 aliphatic carbocycles. The number of hydrogen-bond acceptors (Lipinski definition) is 2. The molecule has 0 radical (unpaired) electrons. The summed E-state index contributed by atoms with van der Waals surface area (Å²) in [7, 11) is 0. The molecule has 0 fully saturated rings. The quantitative estimate of drug-likeness (QED) is 0.881. The van der Waals surface area contributed by atoms with Crippen LogP contribution in [0.15, 0.2) is 35.7 Å². The largest absolute Gasteiger partial charge is 0.327 e. The normalized spacial score (nSPS) is 12.6. The number of thiophene rings is 1. The third kappa shape index (κ3) is 3.62. The molecule has 1 nitrogen and oxygen atoms in total. The van der Waals surface area contributed by atoms with E-state index in [4.69, 9.17) is 5.73 Å². The van der Waals surface area contributed by atoms with Crippen molar-refractivity contribution < 1.29 is 8.78 Å². The fourth-order valence-electron chi connectivity index (χ4n) is 1.85. The molecule has 2 aromatic rings. The van der Waals surface area contributed by atoms with Gasteiger partial charge < -0.3 is 5.73 Å². The Kier molecular flexibility index (Phi) is 4.44. The molecule has 0 aliphatic rings. The third-order valence-corrected chi connectivity index (χ3v) is 3.78. The Bertz CT molecular complexity index is 497. The maximum Gasteiger partial charge on any atom is 0.129 e. The van der Waals surface area contributed by atoms with E-state index in [9.17, 15) is 8.78 Å². The summed E-state index contributed by atoms with van der Waals surface area (Å²) in [5.74, 6) is -1.06. The lowest BCUT2D eigenvalue weighted by molar-refractivity contribution is 0.549. The second kappa shape index (κ2) is 6.07. The number of aryl methyl sites for hydroxylation is 1. The number of nitrogens with two attached hydrogens (primary N) is 1. The van der Waals surface area contributed by atoms with E-state index in [1.165, 1.54) is 17.0 Å². The van der Waals surface area contributed by atoms with E-state index in [0.717, 1.165) is 18.9 Å². The summed E-state index contributed by atoms with van der Waals surface area (Å²) in [6, 6.07) is 7.61. The summed E-state index contributed by atoms with van der Waals surface area (Å²) in [6.07, 6.45) is 2.15. The fraction of sp³-hybridized carbons (Fsp3) is 0.286. The summed E-state index contributed by atoms with van der Waals surface area (Å²) in [5.41, 5.74) is 6.46. The maximum atomic E-state index is 13.4. The van der Waals surface area contributed by atoms with Gasteiger partial charge in [0, 0.05) is 17.0 Å². The van der Waals surface area contributed by atoms with Crippen molar-refractivity contribution in [3.8, 4) is 0 Å². The van der Waals surface area contributed by atoms with Crippen molar-refractivity contribution in [1.82, 2.24) is 0 Å². The molecule has 1 atom stereocenters. The van der Waals surface area contributed by atoms with Crippen molar-refractivity contribution in [1.29, 1.82) is 0 Å². The first-order chi connectivity index (χ1) is 8.65.